The highest BCUT2D eigenvalue weighted by Crippen LogP contribution is 2.23. The van der Waals surface area contributed by atoms with Gasteiger partial charge in [0.05, 0.1) is 0 Å². The molecule has 2 heterocycles. The highest BCUT2D eigenvalue weighted by Gasteiger charge is 2.27. The summed E-state index contributed by atoms with van der Waals surface area (Å²) in [6.07, 6.45) is 5.50. The number of halogens is 1. The van der Waals surface area contributed by atoms with Crippen molar-refractivity contribution in [3.05, 3.63) is 34.9 Å². The normalized spacial score (nSPS) is 25.2. The zero-order chi connectivity index (χ0) is 13.1. The van der Waals surface area contributed by atoms with Crippen molar-refractivity contribution in [3.8, 4) is 0 Å². The summed E-state index contributed by atoms with van der Waals surface area (Å²) in [7, 11) is 0. The van der Waals surface area contributed by atoms with E-state index in [-0.39, 0.29) is 0 Å². The van der Waals surface area contributed by atoms with E-state index in [1.165, 1.54) is 57.4 Å². The van der Waals surface area contributed by atoms with Crippen molar-refractivity contribution in [2.45, 2.75) is 38.3 Å². The van der Waals surface area contributed by atoms with Gasteiger partial charge in [-0.05, 0) is 63.0 Å². The van der Waals surface area contributed by atoms with E-state index in [0.29, 0.717) is 0 Å². The van der Waals surface area contributed by atoms with Crippen molar-refractivity contribution in [3.63, 3.8) is 0 Å². The predicted molar refractivity (Wildman–Crippen MR) is 80.6 cm³/mol. The van der Waals surface area contributed by atoms with Gasteiger partial charge in [0, 0.05) is 24.2 Å². The van der Waals surface area contributed by atoms with Gasteiger partial charge in [-0.3, -0.25) is 4.90 Å². The van der Waals surface area contributed by atoms with E-state index in [2.05, 4.69) is 21.9 Å². The molecule has 2 aliphatic rings. The van der Waals surface area contributed by atoms with Crippen molar-refractivity contribution >= 4 is 11.6 Å². The van der Waals surface area contributed by atoms with Crippen LogP contribution >= 0.6 is 11.6 Å². The van der Waals surface area contributed by atoms with Crippen LogP contribution in [0.15, 0.2) is 24.3 Å². The van der Waals surface area contributed by atoms with Crippen LogP contribution in [-0.2, 0) is 6.54 Å². The lowest BCUT2D eigenvalue weighted by atomic mass is 10.1. The van der Waals surface area contributed by atoms with Gasteiger partial charge < -0.3 is 4.90 Å². The largest absolute Gasteiger partial charge is 0.302 e. The molecule has 2 saturated heterocycles. The molecule has 3 rings (SSSR count). The van der Waals surface area contributed by atoms with E-state index in [9.17, 15) is 0 Å². The summed E-state index contributed by atoms with van der Waals surface area (Å²) in [4.78, 5) is 5.30. The molecule has 1 aromatic rings. The zero-order valence-corrected chi connectivity index (χ0v) is 12.3. The average molecular weight is 279 g/mol. The van der Waals surface area contributed by atoms with Gasteiger partial charge in [0.25, 0.3) is 0 Å². The number of nitrogens with zero attached hydrogens (tertiary/aromatic N) is 2. The smallest absolute Gasteiger partial charge is 0.0406 e. The molecule has 1 aromatic carbocycles. The summed E-state index contributed by atoms with van der Waals surface area (Å²) in [5, 5.41) is 0.832. The lowest BCUT2D eigenvalue weighted by Gasteiger charge is -2.28. The second-order valence-corrected chi connectivity index (χ2v) is 6.34. The fourth-order valence-corrected chi connectivity index (χ4v) is 3.52. The van der Waals surface area contributed by atoms with Crippen LogP contribution in [0.5, 0.6) is 0 Å². The molecule has 3 heteroatoms. The fraction of sp³-hybridized carbons (Fsp3) is 0.625. The molecule has 104 valence electrons. The third-order valence-electron chi connectivity index (χ3n) is 4.47. The summed E-state index contributed by atoms with van der Waals surface area (Å²) in [5.41, 5.74) is 1.39. The second kappa shape index (κ2) is 6.25. The van der Waals surface area contributed by atoms with Crippen LogP contribution in [0.3, 0.4) is 0 Å². The summed E-state index contributed by atoms with van der Waals surface area (Å²) < 4.78 is 0. The first-order valence-electron chi connectivity index (χ1n) is 7.52. The van der Waals surface area contributed by atoms with Crippen molar-refractivity contribution in [1.82, 2.24) is 9.80 Å². The van der Waals surface area contributed by atoms with Gasteiger partial charge in [0.15, 0.2) is 0 Å². The molecule has 0 bridgehead atoms. The molecule has 0 aromatic heterocycles. The maximum Gasteiger partial charge on any atom is 0.0406 e. The third kappa shape index (κ3) is 3.50. The van der Waals surface area contributed by atoms with Crippen molar-refractivity contribution in [2.24, 2.45) is 0 Å². The van der Waals surface area contributed by atoms with E-state index < -0.39 is 0 Å². The molecule has 1 unspecified atom stereocenters. The zero-order valence-electron chi connectivity index (χ0n) is 11.5. The Morgan fingerprint density at radius 2 is 1.74 bits per heavy atom. The van der Waals surface area contributed by atoms with Crippen LogP contribution in [0.25, 0.3) is 0 Å². The van der Waals surface area contributed by atoms with Crippen molar-refractivity contribution < 1.29 is 0 Å². The Morgan fingerprint density at radius 3 is 2.47 bits per heavy atom. The third-order valence-corrected chi connectivity index (χ3v) is 4.72. The minimum absolute atomic E-state index is 0.758. The Kier molecular flexibility index (Phi) is 4.42. The number of hydrogen-bond donors (Lipinski definition) is 0. The van der Waals surface area contributed by atoms with Crippen LogP contribution in [0.2, 0.25) is 5.02 Å². The highest BCUT2D eigenvalue weighted by molar-refractivity contribution is 6.30. The molecule has 2 aliphatic heterocycles. The number of hydrogen-bond acceptors (Lipinski definition) is 2. The fourth-order valence-electron chi connectivity index (χ4n) is 3.40. The van der Waals surface area contributed by atoms with Crippen LogP contribution < -0.4 is 0 Å². The molecule has 1 atom stereocenters. The summed E-state index contributed by atoms with van der Waals surface area (Å²) in [6, 6.07) is 9.08. The van der Waals surface area contributed by atoms with Crippen molar-refractivity contribution in [2.75, 3.05) is 26.2 Å². The van der Waals surface area contributed by atoms with E-state index in [0.717, 1.165) is 17.6 Å². The average Bonchev–Trinajstić information content (AvgIpc) is 3.06. The quantitative estimate of drug-likeness (QED) is 0.833. The first kappa shape index (κ1) is 13.4. The summed E-state index contributed by atoms with van der Waals surface area (Å²) in [6.45, 7) is 6.22. The van der Waals surface area contributed by atoms with Gasteiger partial charge in [-0.1, -0.05) is 23.7 Å². The van der Waals surface area contributed by atoms with Crippen LogP contribution in [0.4, 0.5) is 0 Å². The van der Waals surface area contributed by atoms with E-state index in [1.807, 2.05) is 12.1 Å². The van der Waals surface area contributed by atoms with E-state index >= 15 is 0 Å². The Balaban J connectivity index is 1.57. The lowest BCUT2D eigenvalue weighted by Crippen LogP contribution is -2.38. The first-order valence-corrected chi connectivity index (χ1v) is 7.90. The van der Waals surface area contributed by atoms with Gasteiger partial charge in [0.2, 0.25) is 0 Å². The van der Waals surface area contributed by atoms with Gasteiger partial charge in [-0.2, -0.15) is 0 Å². The van der Waals surface area contributed by atoms with E-state index in [1.54, 1.807) is 0 Å². The molecule has 0 spiro atoms. The van der Waals surface area contributed by atoms with Crippen molar-refractivity contribution in [1.29, 1.82) is 0 Å². The summed E-state index contributed by atoms with van der Waals surface area (Å²) >= 11 is 5.95. The molecule has 2 nitrogen and oxygen atoms in total. The molecule has 0 N–H and O–H groups in total. The molecule has 0 saturated carbocycles. The Hall–Kier alpha value is -0.570. The highest BCUT2D eigenvalue weighted by atomic mass is 35.5. The lowest BCUT2D eigenvalue weighted by molar-refractivity contribution is 0.185. The molecular formula is C16H23ClN2. The minimum atomic E-state index is 0.758. The maximum absolute atomic E-state index is 5.95. The van der Waals surface area contributed by atoms with Gasteiger partial charge >= 0.3 is 0 Å². The van der Waals surface area contributed by atoms with Gasteiger partial charge in [-0.15, -0.1) is 0 Å². The molecule has 0 aliphatic carbocycles. The molecule has 2 fully saturated rings. The van der Waals surface area contributed by atoms with Crippen LogP contribution in [-0.4, -0.2) is 42.0 Å². The number of benzene rings is 1. The Labute approximate surface area is 121 Å². The number of likely N-dealkylation sites (tertiary alicyclic amines) is 2. The molecule has 0 radical (unpaired) electrons. The second-order valence-electron chi connectivity index (χ2n) is 5.90. The molecule has 0 amide bonds. The van der Waals surface area contributed by atoms with Gasteiger partial charge in [-0.25, -0.2) is 0 Å². The minimum Gasteiger partial charge on any atom is -0.302 e. The van der Waals surface area contributed by atoms with Crippen LogP contribution in [0.1, 0.15) is 31.2 Å². The molecular weight excluding hydrogens is 256 g/mol. The SMILES string of the molecule is Clc1ccc(CN2CCCC2CN2CCCC2)cc1. The monoisotopic (exact) mass is 278 g/mol. The first-order chi connectivity index (χ1) is 9.31. The Morgan fingerprint density at radius 1 is 1.00 bits per heavy atom. The number of rotatable bonds is 4. The standard InChI is InChI=1S/C16H23ClN2/c17-15-7-5-14(6-8-15)12-19-11-3-4-16(19)13-18-9-1-2-10-18/h5-8,16H,1-4,9-13H2. The summed E-state index contributed by atoms with van der Waals surface area (Å²) in [5.74, 6) is 0. The van der Waals surface area contributed by atoms with Gasteiger partial charge in [0.1, 0.15) is 0 Å². The van der Waals surface area contributed by atoms with Crippen LogP contribution in [0, 0.1) is 0 Å². The molecule has 19 heavy (non-hydrogen) atoms. The maximum atomic E-state index is 5.95. The topological polar surface area (TPSA) is 6.48 Å². The Bertz CT molecular complexity index is 398. The van der Waals surface area contributed by atoms with E-state index in [4.69, 9.17) is 11.6 Å². The predicted octanol–water partition coefficient (Wildman–Crippen LogP) is 3.40.